The van der Waals surface area contributed by atoms with Crippen LogP contribution in [0.4, 0.5) is 0 Å². The normalized spacial score (nSPS) is 23.8. The minimum atomic E-state index is -3.18. The zero-order valence-electron chi connectivity index (χ0n) is 15.9. The second-order valence-corrected chi connectivity index (χ2v) is 10.1. The fourth-order valence-electron chi connectivity index (χ4n) is 3.83. The first-order valence-corrected chi connectivity index (χ1v) is 10.9. The highest BCUT2D eigenvalue weighted by Crippen LogP contribution is 2.40. The van der Waals surface area contributed by atoms with Gasteiger partial charge in [0.25, 0.3) is 0 Å². The summed E-state index contributed by atoms with van der Waals surface area (Å²) in [7, 11) is -3.18. The molecule has 1 atom stereocenters. The van der Waals surface area contributed by atoms with Gasteiger partial charge >= 0.3 is 0 Å². The van der Waals surface area contributed by atoms with Crippen LogP contribution in [-0.2, 0) is 14.8 Å². The molecule has 0 radical (unpaired) electrons. The number of nitrogens with one attached hydrogen (secondary N) is 1. The first-order valence-electron chi connectivity index (χ1n) is 9.10. The second-order valence-electron chi connectivity index (χ2n) is 8.10. The standard InChI is InChI=1S/C19H28N2O4S/c1-13-5-6-15-16(12-19(2,3)25-17(15)11-13)20-18(22)14-7-9-21(10-8-14)26(4,23)24/h5-6,11,14,16H,7-10,12H2,1-4H3,(H,20,22)/t16-/m0/s1. The summed E-state index contributed by atoms with van der Waals surface area (Å²) >= 11 is 0. The fourth-order valence-corrected chi connectivity index (χ4v) is 4.70. The molecule has 144 valence electrons. The molecule has 2 aliphatic heterocycles. The van der Waals surface area contributed by atoms with Crippen LogP contribution in [0.5, 0.6) is 5.75 Å². The van der Waals surface area contributed by atoms with Gasteiger partial charge in [0.15, 0.2) is 0 Å². The molecule has 0 aliphatic carbocycles. The molecule has 7 heteroatoms. The number of amides is 1. The van der Waals surface area contributed by atoms with E-state index in [1.807, 2.05) is 39.0 Å². The molecule has 6 nitrogen and oxygen atoms in total. The van der Waals surface area contributed by atoms with Gasteiger partial charge in [0.1, 0.15) is 11.4 Å². The topological polar surface area (TPSA) is 75.7 Å². The Bertz CT molecular complexity index is 796. The summed E-state index contributed by atoms with van der Waals surface area (Å²) in [6.07, 6.45) is 3.05. The van der Waals surface area contributed by atoms with Gasteiger partial charge in [-0.05, 0) is 45.2 Å². The third kappa shape index (κ3) is 4.20. The SMILES string of the molecule is Cc1ccc2c(c1)OC(C)(C)C[C@@H]2NC(=O)C1CCN(S(C)(=O)=O)CC1. The van der Waals surface area contributed by atoms with Crippen molar-refractivity contribution in [2.24, 2.45) is 5.92 Å². The summed E-state index contributed by atoms with van der Waals surface area (Å²) in [4.78, 5) is 12.8. The van der Waals surface area contributed by atoms with E-state index in [2.05, 4.69) is 5.32 Å². The Morgan fingerprint density at radius 1 is 1.27 bits per heavy atom. The van der Waals surface area contributed by atoms with E-state index in [0.717, 1.165) is 16.9 Å². The van der Waals surface area contributed by atoms with Crippen molar-refractivity contribution in [2.75, 3.05) is 19.3 Å². The number of piperidine rings is 1. The zero-order valence-corrected chi connectivity index (χ0v) is 16.7. The maximum Gasteiger partial charge on any atom is 0.223 e. The van der Waals surface area contributed by atoms with Gasteiger partial charge in [0, 0.05) is 31.0 Å². The van der Waals surface area contributed by atoms with E-state index in [1.165, 1.54) is 10.6 Å². The number of hydrogen-bond acceptors (Lipinski definition) is 4. The van der Waals surface area contributed by atoms with Crippen molar-refractivity contribution in [1.82, 2.24) is 9.62 Å². The van der Waals surface area contributed by atoms with E-state index in [9.17, 15) is 13.2 Å². The zero-order chi connectivity index (χ0) is 19.1. The number of carbonyl (C=O) groups excluding carboxylic acids is 1. The maximum absolute atomic E-state index is 12.8. The van der Waals surface area contributed by atoms with Crippen LogP contribution in [0, 0.1) is 12.8 Å². The predicted octanol–water partition coefficient (Wildman–Crippen LogP) is 2.39. The minimum absolute atomic E-state index is 0.00683. The molecule has 0 bridgehead atoms. The van der Waals surface area contributed by atoms with Gasteiger partial charge in [0.05, 0.1) is 12.3 Å². The van der Waals surface area contributed by atoms with E-state index >= 15 is 0 Å². The van der Waals surface area contributed by atoms with Gasteiger partial charge in [-0.1, -0.05) is 12.1 Å². The van der Waals surface area contributed by atoms with Crippen molar-refractivity contribution >= 4 is 15.9 Å². The van der Waals surface area contributed by atoms with Crippen LogP contribution in [0.25, 0.3) is 0 Å². The van der Waals surface area contributed by atoms with Crippen LogP contribution in [0.2, 0.25) is 0 Å². The number of aryl methyl sites for hydroxylation is 1. The number of benzene rings is 1. The van der Waals surface area contributed by atoms with Gasteiger partial charge in [-0.3, -0.25) is 4.79 Å². The number of hydrogen-bond donors (Lipinski definition) is 1. The lowest BCUT2D eigenvalue weighted by molar-refractivity contribution is -0.127. The van der Waals surface area contributed by atoms with Crippen molar-refractivity contribution in [3.63, 3.8) is 0 Å². The van der Waals surface area contributed by atoms with E-state index in [0.29, 0.717) is 32.4 Å². The molecule has 0 aromatic heterocycles. The highest BCUT2D eigenvalue weighted by atomic mass is 32.2. The molecule has 26 heavy (non-hydrogen) atoms. The lowest BCUT2D eigenvalue weighted by Crippen LogP contribution is -2.46. The Morgan fingerprint density at radius 2 is 1.92 bits per heavy atom. The van der Waals surface area contributed by atoms with Crippen LogP contribution < -0.4 is 10.1 Å². The van der Waals surface area contributed by atoms with Crippen molar-refractivity contribution in [3.8, 4) is 5.75 Å². The Labute approximate surface area is 156 Å². The molecule has 2 aliphatic rings. The Balaban J connectivity index is 1.70. The number of sulfonamides is 1. The summed E-state index contributed by atoms with van der Waals surface area (Å²) in [6.45, 7) is 6.90. The summed E-state index contributed by atoms with van der Waals surface area (Å²) in [5.41, 5.74) is 1.79. The third-order valence-electron chi connectivity index (χ3n) is 5.24. The van der Waals surface area contributed by atoms with Crippen molar-refractivity contribution in [1.29, 1.82) is 0 Å². The first kappa shape index (κ1) is 19.2. The van der Waals surface area contributed by atoms with E-state index in [1.54, 1.807) is 0 Å². The molecule has 1 N–H and O–H groups in total. The highest BCUT2D eigenvalue weighted by molar-refractivity contribution is 7.88. The molecule has 1 aromatic rings. The van der Waals surface area contributed by atoms with E-state index in [-0.39, 0.29) is 23.5 Å². The monoisotopic (exact) mass is 380 g/mol. The number of ether oxygens (including phenoxy) is 1. The van der Waals surface area contributed by atoms with Crippen molar-refractivity contribution in [3.05, 3.63) is 29.3 Å². The van der Waals surface area contributed by atoms with E-state index < -0.39 is 10.0 Å². The molecular formula is C19H28N2O4S. The Kier molecular flexibility index (Phi) is 5.05. The highest BCUT2D eigenvalue weighted by Gasteiger charge is 2.36. The van der Waals surface area contributed by atoms with Gasteiger partial charge < -0.3 is 10.1 Å². The Hall–Kier alpha value is -1.60. The summed E-state index contributed by atoms with van der Waals surface area (Å²) in [5.74, 6) is 0.693. The van der Waals surface area contributed by atoms with Gasteiger partial charge in [-0.2, -0.15) is 0 Å². The van der Waals surface area contributed by atoms with Crippen molar-refractivity contribution in [2.45, 2.75) is 51.7 Å². The molecule has 0 spiro atoms. The maximum atomic E-state index is 12.8. The summed E-state index contributed by atoms with van der Waals surface area (Å²) < 4.78 is 30.8. The fraction of sp³-hybridized carbons (Fsp3) is 0.632. The van der Waals surface area contributed by atoms with Crippen molar-refractivity contribution < 1.29 is 17.9 Å². The third-order valence-corrected chi connectivity index (χ3v) is 6.54. The molecule has 1 aromatic carbocycles. The lowest BCUT2D eigenvalue weighted by atomic mass is 9.88. The number of nitrogens with zero attached hydrogens (tertiary/aromatic N) is 1. The molecule has 2 heterocycles. The second kappa shape index (κ2) is 6.85. The van der Waals surface area contributed by atoms with Crippen LogP contribution in [0.1, 0.15) is 50.3 Å². The van der Waals surface area contributed by atoms with Crippen LogP contribution in [-0.4, -0.2) is 43.6 Å². The number of rotatable bonds is 3. The number of carbonyl (C=O) groups is 1. The molecule has 0 saturated carbocycles. The minimum Gasteiger partial charge on any atom is -0.487 e. The van der Waals surface area contributed by atoms with Crippen LogP contribution in [0.15, 0.2) is 18.2 Å². The molecule has 3 rings (SSSR count). The molecule has 0 unspecified atom stereocenters. The van der Waals surface area contributed by atoms with E-state index in [4.69, 9.17) is 4.74 Å². The van der Waals surface area contributed by atoms with Gasteiger partial charge in [-0.25, -0.2) is 12.7 Å². The lowest BCUT2D eigenvalue weighted by Gasteiger charge is -2.39. The smallest absolute Gasteiger partial charge is 0.223 e. The molecule has 1 fully saturated rings. The average molecular weight is 381 g/mol. The van der Waals surface area contributed by atoms with Gasteiger partial charge in [-0.15, -0.1) is 0 Å². The largest absolute Gasteiger partial charge is 0.487 e. The van der Waals surface area contributed by atoms with Crippen LogP contribution in [0.3, 0.4) is 0 Å². The molecular weight excluding hydrogens is 352 g/mol. The predicted molar refractivity (Wildman–Crippen MR) is 101 cm³/mol. The summed E-state index contributed by atoms with van der Waals surface area (Å²) in [5, 5.41) is 3.19. The molecule has 1 saturated heterocycles. The quantitative estimate of drug-likeness (QED) is 0.874. The number of fused-ring (bicyclic) bond motifs is 1. The average Bonchev–Trinajstić information content (AvgIpc) is 2.52. The van der Waals surface area contributed by atoms with Gasteiger partial charge in [0.2, 0.25) is 15.9 Å². The molecule has 1 amide bonds. The summed E-state index contributed by atoms with van der Waals surface area (Å²) in [6, 6.07) is 5.98. The Morgan fingerprint density at radius 3 is 2.54 bits per heavy atom. The first-order chi connectivity index (χ1) is 12.0. The van der Waals surface area contributed by atoms with Crippen LogP contribution >= 0.6 is 0 Å².